The second kappa shape index (κ2) is 7.54. The minimum atomic E-state index is -0.417. The van der Waals surface area contributed by atoms with Gasteiger partial charge in [0.05, 0.1) is 14.2 Å². The lowest BCUT2D eigenvalue weighted by Crippen LogP contribution is -2.21. The molecule has 0 aliphatic heterocycles. The van der Waals surface area contributed by atoms with Crippen molar-refractivity contribution >= 4 is 11.6 Å². The van der Waals surface area contributed by atoms with Crippen molar-refractivity contribution in [2.45, 2.75) is 6.42 Å². The molecule has 0 heterocycles. The molecule has 0 bridgehead atoms. The monoisotopic (exact) mass is 314 g/mol. The molecule has 2 N–H and O–H groups in total. The molecule has 0 fully saturated rings. The second-order valence-corrected chi connectivity index (χ2v) is 5.28. The zero-order valence-electron chi connectivity index (χ0n) is 13.7. The van der Waals surface area contributed by atoms with E-state index in [2.05, 4.69) is 4.90 Å². The molecule has 0 saturated carbocycles. The van der Waals surface area contributed by atoms with Gasteiger partial charge in [0.15, 0.2) is 11.5 Å². The van der Waals surface area contributed by atoms with E-state index < -0.39 is 5.91 Å². The number of nitrogens with zero attached hydrogens (tertiary/aromatic N) is 1. The van der Waals surface area contributed by atoms with E-state index in [0.29, 0.717) is 5.56 Å². The van der Waals surface area contributed by atoms with E-state index in [9.17, 15) is 4.79 Å². The maximum atomic E-state index is 11.3. The van der Waals surface area contributed by atoms with Gasteiger partial charge >= 0.3 is 0 Å². The highest BCUT2D eigenvalue weighted by atomic mass is 16.5. The molecule has 0 radical (unpaired) electrons. The summed E-state index contributed by atoms with van der Waals surface area (Å²) in [7, 11) is 5.24. The lowest BCUT2D eigenvalue weighted by atomic mass is 10.1. The number of primary amides is 1. The van der Waals surface area contributed by atoms with E-state index in [1.165, 1.54) is 0 Å². The number of anilines is 1. The summed E-state index contributed by atoms with van der Waals surface area (Å²) in [6.07, 6.45) is 0.845. The molecule has 2 aromatic carbocycles. The van der Waals surface area contributed by atoms with Crippen molar-refractivity contribution in [3.05, 3.63) is 53.6 Å². The summed E-state index contributed by atoms with van der Waals surface area (Å²) in [6.45, 7) is 0.803. The minimum absolute atomic E-state index is 0.417. The maximum Gasteiger partial charge on any atom is 0.248 e. The number of hydrogen-bond donors (Lipinski definition) is 1. The van der Waals surface area contributed by atoms with Crippen LogP contribution in [0.2, 0.25) is 0 Å². The van der Waals surface area contributed by atoms with Gasteiger partial charge in [-0.1, -0.05) is 12.1 Å². The van der Waals surface area contributed by atoms with Gasteiger partial charge in [-0.05, 0) is 42.3 Å². The number of rotatable bonds is 7. The van der Waals surface area contributed by atoms with Gasteiger partial charge in [-0.3, -0.25) is 4.79 Å². The Morgan fingerprint density at radius 3 is 2.48 bits per heavy atom. The van der Waals surface area contributed by atoms with Crippen LogP contribution in [0.25, 0.3) is 0 Å². The van der Waals surface area contributed by atoms with Gasteiger partial charge in [0.25, 0.3) is 0 Å². The highest BCUT2D eigenvalue weighted by Crippen LogP contribution is 2.27. The van der Waals surface area contributed by atoms with Gasteiger partial charge in [-0.15, -0.1) is 0 Å². The average Bonchev–Trinajstić information content (AvgIpc) is 2.59. The summed E-state index contributed by atoms with van der Waals surface area (Å²) in [5.41, 5.74) is 7.95. The van der Waals surface area contributed by atoms with Gasteiger partial charge in [-0.2, -0.15) is 0 Å². The first kappa shape index (κ1) is 16.7. The lowest BCUT2D eigenvalue weighted by molar-refractivity contribution is 0.100. The van der Waals surface area contributed by atoms with E-state index >= 15 is 0 Å². The number of carbonyl (C=O) groups is 1. The summed E-state index contributed by atoms with van der Waals surface area (Å²) in [5, 5.41) is 0. The molecule has 2 aromatic rings. The van der Waals surface area contributed by atoms with E-state index in [-0.39, 0.29) is 0 Å². The fourth-order valence-corrected chi connectivity index (χ4v) is 2.36. The van der Waals surface area contributed by atoms with Crippen LogP contribution in [0.4, 0.5) is 5.69 Å². The fraction of sp³-hybridized carbons (Fsp3) is 0.278. The van der Waals surface area contributed by atoms with Crippen molar-refractivity contribution in [3.8, 4) is 11.5 Å². The molecule has 5 heteroatoms. The van der Waals surface area contributed by atoms with E-state index in [1.54, 1.807) is 26.4 Å². The number of nitrogens with two attached hydrogens (primary N) is 1. The van der Waals surface area contributed by atoms with Crippen molar-refractivity contribution in [3.63, 3.8) is 0 Å². The predicted octanol–water partition coefficient (Wildman–Crippen LogP) is 2.48. The van der Waals surface area contributed by atoms with Crippen molar-refractivity contribution in [1.82, 2.24) is 0 Å². The van der Waals surface area contributed by atoms with Crippen LogP contribution in [0, 0.1) is 0 Å². The van der Waals surface area contributed by atoms with Gasteiger partial charge in [0, 0.05) is 24.8 Å². The Morgan fingerprint density at radius 2 is 1.83 bits per heavy atom. The molecule has 0 unspecified atom stereocenters. The van der Waals surface area contributed by atoms with E-state index in [4.69, 9.17) is 15.2 Å². The number of carbonyl (C=O) groups excluding carboxylic acids is 1. The van der Waals surface area contributed by atoms with Crippen molar-refractivity contribution in [2.24, 2.45) is 5.73 Å². The van der Waals surface area contributed by atoms with E-state index in [1.807, 2.05) is 37.4 Å². The van der Waals surface area contributed by atoms with Crippen molar-refractivity contribution in [2.75, 3.05) is 32.7 Å². The molecule has 23 heavy (non-hydrogen) atoms. The number of ether oxygens (including phenoxy) is 2. The second-order valence-electron chi connectivity index (χ2n) is 5.28. The standard InChI is InChI=1S/C18H22N2O3/c1-20(15-6-4-5-14(12-15)18(19)21)10-9-13-7-8-16(22-2)17(11-13)23-3/h4-8,11-12H,9-10H2,1-3H3,(H2,19,21). The van der Waals surface area contributed by atoms with E-state index in [0.717, 1.165) is 35.7 Å². The van der Waals surface area contributed by atoms with Crippen LogP contribution in [-0.4, -0.2) is 33.7 Å². The Bertz CT molecular complexity index is 686. The van der Waals surface area contributed by atoms with Crippen LogP contribution in [-0.2, 0) is 6.42 Å². The highest BCUT2D eigenvalue weighted by molar-refractivity contribution is 5.93. The van der Waals surface area contributed by atoms with Crippen LogP contribution >= 0.6 is 0 Å². The highest BCUT2D eigenvalue weighted by Gasteiger charge is 2.08. The third-order valence-electron chi connectivity index (χ3n) is 3.76. The molecule has 0 aromatic heterocycles. The smallest absolute Gasteiger partial charge is 0.248 e. The van der Waals surface area contributed by atoms with Crippen LogP contribution in [0.5, 0.6) is 11.5 Å². The molecule has 0 atom stereocenters. The molecular formula is C18H22N2O3. The first-order valence-electron chi connectivity index (χ1n) is 7.37. The molecule has 5 nitrogen and oxygen atoms in total. The maximum absolute atomic E-state index is 11.3. The zero-order valence-corrected chi connectivity index (χ0v) is 13.7. The number of methoxy groups -OCH3 is 2. The summed E-state index contributed by atoms with van der Waals surface area (Å²) >= 11 is 0. The predicted molar refractivity (Wildman–Crippen MR) is 91.5 cm³/mol. The summed E-state index contributed by atoms with van der Waals surface area (Å²) in [4.78, 5) is 13.4. The van der Waals surface area contributed by atoms with Gasteiger partial charge in [-0.25, -0.2) is 0 Å². The molecule has 0 aliphatic rings. The zero-order chi connectivity index (χ0) is 16.8. The Labute approximate surface area is 136 Å². The summed E-state index contributed by atoms with van der Waals surface area (Å²) in [5.74, 6) is 1.03. The fourth-order valence-electron chi connectivity index (χ4n) is 2.36. The Kier molecular flexibility index (Phi) is 5.46. The first-order valence-corrected chi connectivity index (χ1v) is 7.37. The number of likely N-dealkylation sites (N-methyl/N-ethyl adjacent to an activating group) is 1. The molecule has 1 amide bonds. The molecule has 0 spiro atoms. The van der Waals surface area contributed by atoms with Gasteiger partial charge in [0.1, 0.15) is 0 Å². The molecule has 2 rings (SSSR count). The first-order chi connectivity index (χ1) is 11.0. The number of amides is 1. The molecular weight excluding hydrogens is 292 g/mol. The normalized spacial score (nSPS) is 10.2. The molecule has 0 aliphatic carbocycles. The minimum Gasteiger partial charge on any atom is -0.493 e. The van der Waals surface area contributed by atoms with Gasteiger partial charge < -0.3 is 20.1 Å². The Morgan fingerprint density at radius 1 is 1.09 bits per heavy atom. The Hall–Kier alpha value is -2.69. The van der Waals surface area contributed by atoms with Crippen molar-refractivity contribution in [1.29, 1.82) is 0 Å². The number of benzene rings is 2. The Balaban J connectivity index is 2.05. The van der Waals surface area contributed by atoms with Crippen molar-refractivity contribution < 1.29 is 14.3 Å². The molecule has 0 saturated heterocycles. The average molecular weight is 314 g/mol. The third-order valence-corrected chi connectivity index (χ3v) is 3.76. The molecule has 122 valence electrons. The quantitative estimate of drug-likeness (QED) is 0.853. The lowest BCUT2D eigenvalue weighted by Gasteiger charge is -2.20. The number of hydrogen-bond acceptors (Lipinski definition) is 4. The SMILES string of the molecule is COc1ccc(CCN(C)c2cccc(C(N)=O)c2)cc1OC. The van der Waals surface area contributed by atoms with Gasteiger partial charge in [0.2, 0.25) is 5.91 Å². The topological polar surface area (TPSA) is 64.8 Å². The van der Waals surface area contributed by atoms with Crippen LogP contribution in [0.3, 0.4) is 0 Å². The van der Waals surface area contributed by atoms with Crippen LogP contribution < -0.4 is 20.1 Å². The summed E-state index contributed by atoms with van der Waals surface area (Å²) in [6, 6.07) is 13.2. The van der Waals surface area contributed by atoms with Crippen LogP contribution in [0.1, 0.15) is 15.9 Å². The van der Waals surface area contributed by atoms with Crippen LogP contribution in [0.15, 0.2) is 42.5 Å². The third kappa shape index (κ3) is 4.16. The largest absolute Gasteiger partial charge is 0.493 e. The summed E-state index contributed by atoms with van der Waals surface area (Å²) < 4.78 is 10.6.